The topological polar surface area (TPSA) is 48.1 Å². The van der Waals surface area contributed by atoms with Crippen molar-refractivity contribution in [3.8, 4) is 5.75 Å². The van der Waals surface area contributed by atoms with Gasteiger partial charge in [-0.15, -0.1) is 0 Å². The molecule has 146 valence electrons. The van der Waals surface area contributed by atoms with E-state index < -0.39 is 0 Å². The van der Waals surface area contributed by atoms with Gasteiger partial charge >= 0.3 is 0 Å². The maximum absolute atomic E-state index is 13.0. The Hall–Kier alpha value is -2.62. The molecule has 4 heteroatoms. The van der Waals surface area contributed by atoms with Crippen molar-refractivity contribution in [2.45, 2.75) is 47.5 Å². The number of nitrogens with two attached hydrogens (primary N) is 1. The molecule has 2 aromatic carbocycles. The lowest BCUT2D eigenvalue weighted by molar-refractivity contribution is 0.414. The number of rotatable bonds is 4. The van der Waals surface area contributed by atoms with Gasteiger partial charge in [0.15, 0.2) is 0 Å². The largest absolute Gasteiger partial charge is 0.494 e. The summed E-state index contributed by atoms with van der Waals surface area (Å²) in [6.45, 7) is 10.1. The fraction of sp³-hybridized carbons (Fsp3) is 0.348. The molecule has 3 aromatic rings. The first kappa shape index (κ1) is 22.4. The third-order valence-electron chi connectivity index (χ3n) is 4.00. The van der Waals surface area contributed by atoms with Crippen LogP contribution < -0.4 is 10.5 Å². The smallest absolute Gasteiger partial charge is 0.148 e. The molecular weight excluding hydrogens is 339 g/mol. The number of halogens is 1. The number of ether oxygens (including phenoxy) is 1. The molecule has 0 fully saturated rings. The van der Waals surface area contributed by atoms with Crippen LogP contribution in [0.1, 0.15) is 51.3 Å². The number of aromatic nitrogens is 1. The summed E-state index contributed by atoms with van der Waals surface area (Å²) in [5.41, 5.74) is 10.8. The molecule has 27 heavy (non-hydrogen) atoms. The molecule has 2 N–H and O–H groups in total. The summed E-state index contributed by atoms with van der Waals surface area (Å²) in [4.78, 5) is 4.56. The zero-order valence-electron chi connectivity index (χ0n) is 17.3. The number of aryl methyl sites for hydroxylation is 1. The van der Waals surface area contributed by atoms with E-state index in [1.807, 2.05) is 46.0 Å². The molecule has 0 radical (unpaired) electrons. The number of nitrogens with zero attached hydrogens (tertiary/aromatic N) is 1. The van der Waals surface area contributed by atoms with Crippen LogP contribution in [-0.2, 0) is 12.8 Å². The van der Waals surface area contributed by atoms with Crippen LogP contribution in [0.3, 0.4) is 0 Å². The number of nitrogen functional groups attached to an aromatic ring is 1. The zero-order chi connectivity index (χ0) is 20.4. The van der Waals surface area contributed by atoms with Crippen molar-refractivity contribution in [1.29, 1.82) is 0 Å². The van der Waals surface area contributed by atoms with Crippen LogP contribution in [0, 0.1) is 5.82 Å². The van der Waals surface area contributed by atoms with Gasteiger partial charge in [-0.2, -0.15) is 0 Å². The summed E-state index contributed by atoms with van der Waals surface area (Å²) in [6.07, 6.45) is 3.34. The number of benzene rings is 2. The molecule has 0 aliphatic carbocycles. The molecule has 0 spiro atoms. The van der Waals surface area contributed by atoms with E-state index in [9.17, 15) is 4.39 Å². The lowest BCUT2D eigenvalue weighted by atomic mass is 10.0. The Morgan fingerprint density at radius 2 is 1.63 bits per heavy atom. The molecule has 3 nitrogen and oxygen atoms in total. The van der Waals surface area contributed by atoms with E-state index in [4.69, 9.17) is 10.5 Å². The SMILES string of the molecule is CC.CC.CCc1cc(N)c2cc(Cc3ccc(F)cc3)cnc2c1OC. The highest BCUT2D eigenvalue weighted by Crippen LogP contribution is 2.33. The van der Waals surface area contributed by atoms with Crippen molar-refractivity contribution in [2.75, 3.05) is 12.8 Å². The van der Waals surface area contributed by atoms with E-state index >= 15 is 0 Å². The number of methoxy groups -OCH3 is 1. The summed E-state index contributed by atoms with van der Waals surface area (Å²) in [5, 5.41) is 0.888. The van der Waals surface area contributed by atoms with Gasteiger partial charge in [-0.1, -0.05) is 46.8 Å². The molecule has 3 rings (SSSR count). The van der Waals surface area contributed by atoms with Crippen molar-refractivity contribution >= 4 is 16.6 Å². The molecule has 0 atom stereocenters. The Morgan fingerprint density at radius 3 is 2.19 bits per heavy atom. The molecule has 0 unspecified atom stereocenters. The fourth-order valence-electron chi connectivity index (χ4n) is 2.82. The quantitative estimate of drug-likeness (QED) is 0.559. The first-order chi connectivity index (χ1) is 13.1. The second-order valence-corrected chi connectivity index (χ2v) is 5.55. The van der Waals surface area contributed by atoms with Crippen LogP contribution in [0.5, 0.6) is 5.75 Å². The minimum atomic E-state index is -0.230. The zero-order valence-corrected chi connectivity index (χ0v) is 17.3. The summed E-state index contributed by atoms with van der Waals surface area (Å²) in [5.74, 6) is 0.552. The van der Waals surface area contributed by atoms with E-state index in [0.29, 0.717) is 12.1 Å². The Balaban J connectivity index is 0.000000855. The van der Waals surface area contributed by atoms with Gasteiger partial charge in [0.1, 0.15) is 17.1 Å². The lowest BCUT2D eigenvalue weighted by Gasteiger charge is -2.13. The third kappa shape index (κ3) is 5.43. The summed E-state index contributed by atoms with van der Waals surface area (Å²) < 4.78 is 18.5. The van der Waals surface area contributed by atoms with Crippen LogP contribution in [0.2, 0.25) is 0 Å². The van der Waals surface area contributed by atoms with Crippen molar-refractivity contribution in [3.63, 3.8) is 0 Å². The minimum absolute atomic E-state index is 0.230. The highest BCUT2D eigenvalue weighted by Gasteiger charge is 2.12. The summed E-state index contributed by atoms with van der Waals surface area (Å²) in [7, 11) is 1.65. The van der Waals surface area contributed by atoms with Gasteiger partial charge in [-0.05, 0) is 53.8 Å². The van der Waals surface area contributed by atoms with Gasteiger partial charge in [0, 0.05) is 17.3 Å². The molecular formula is C23H31FN2O. The maximum atomic E-state index is 13.0. The molecule has 0 amide bonds. The first-order valence-electron chi connectivity index (χ1n) is 9.60. The lowest BCUT2D eigenvalue weighted by Crippen LogP contribution is -1.99. The number of fused-ring (bicyclic) bond motifs is 1. The van der Waals surface area contributed by atoms with E-state index in [1.54, 1.807) is 19.2 Å². The van der Waals surface area contributed by atoms with Crippen LogP contribution in [0.4, 0.5) is 10.1 Å². The monoisotopic (exact) mass is 370 g/mol. The van der Waals surface area contributed by atoms with Crippen molar-refractivity contribution in [2.24, 2.45) is 0 Å². The van der Waals surface area contributed by atoms with Crippen molar-refractivity contribution in [1.82, 2.24) is 4.98 Å². The molecule has 0 saturated heterocycles. The Labute approximate surface area is 162 Å². The van der Waals surface area contributed by atoms with Crippen molar-refractivity contribution in [3.05, 3.63) is 65.1 Å². The Kier molecular flexibility index (Phi) is 9.27. The van der Waals surface area contributed by atoms with Crippen LogP contribution in [-0.4, -0.2) is 12.1 Å². The second kappa shape index (κ2) is 11.2. The average molecular weight is 371 g/mol. The predicted molar refractivity (Wildman–Crippen MR) is 114 cm³/mol. The molecule has 0 bridgehead atoms. The molecule has 1 heterocycles. The van der Waals surface area contributed by atoms with Gasteiger partial charge in [0.05, 0.1) is 7.11 Å². The van der Waals surface area contributed by atoms with Gasteiger partial charge in [-0.25, -0.2) is 4.39 Å². The third-order valence-corrected chi connectivity index (χ3v) is 4.00. The van der Waals surface area contributed by atoms with Gasteiger partial charge < -0.3 is 10.5 Å². The van der Waals surface area contributed by atoms with Gasteiger partial charge in [0.25, 0.3) is 0 Å². The van der Waals surface area contributed by atoms with Crippen LogP contribution in [0.25, 0.3) is 10.9 Å². The molecule has 0 aliphatic rings. The number of hydrogen-bond acceptors (Lipinski definition) is 3. The summed E-state index contributed by atoms with van der Waals surface area (Å²) in [6, 6.07) is 10.5. The van der Waals surface area contributed by atoms with Crippen LogP contribution in [0.15, 0.2) is 42.6 Å². The molecule has 0 saturated carbocycles. The van der Waals surface area contributed by atoms with E-state index in [2.05, 4.69) is 11.9 Å². The standard InChI is InChI=1S/C19H19FN2O.2C2H6/c1-3-14-10-17(21)16-9-13(11-22-18(16)19(14)23-2)8-12-4-6-15(20)7-5-12;2*1-2/h4-7,9-11H,3,8,21H2,1-2H3;2*1-2H3. The number of pyridine rings is 1. The van der Waals surface area contributed by atoms with Gasteiger partial charge in [-0.3, -0.25) is 4.98 Å². The van der Waals surface area contributed by atoms with Crippen LogP contribution >= 0.6 is 0 Å². The first-order valence-corrected chi connectivity index (χ1v) is 9.60. The Bertz CT molecular complexity index is 845. The summed E-state index contributed by atoms with van der Waals surface area (Å²) >= 11 is 0. The van der Waals surface area contributed by atoms with E-state index in [0.717, 1.165) is 39.8 Å². The fourth-order valence-corrected chi connectivity index (χ4v) is 2.82. The molecule has 1 aromatic heterocycles. The van der Waals surface area contributed by atoms with E-state index in [1.165, 1.54) is 12.1 Å². The normalized spacial score (nSPS) is 9.74. The molecule has 0 aliphatic heterocycles. The maximum Gasteiger partial charge on any atom is 0.148 e. The predicted octanol–water partition coefficient (Wildman–Crippen LogP) is 6.17. The second-order valence-electron chi connectivity index (χ2n) is 5.55. The van der Waals surface area contributed by atoms with Crippen molar-refractivity contribution < 1.29 is 9.13 Å². The Morgan fingerprint density at radius 1 is 1.00 bits per heavy atom. The number of anilines is 1. The van der Waals surface area contributed by atoms with Gasteiger partial charge in [0.2, 0.25) is 0 Å². The minimum Gasteiger partial charge on any atom is -0.494 e. The number of hydrogen-bond donors (Lipinski definition) is 1. The highest BCUT2D eigenvalue weighted by atomic mass is 19.1. The highest BCUT2D eigenvalue weighted by molar-refractivity contribution is 5.95. The average Bonchev–Trinajstić information content (AvgIpc) is 2.73. The van der Waals surface area contributed by atoms with E-state index in [-0.39, 0.29) is 5.82 Å².